The summed E-state index contributed by atoms with van der Waals surface area (Å²) in [5.74, 6) is 0. The normalized spacial score (nSPS) is 12.2. The first-order chi connectivity index (χ1) is 23.8. The molecule has 0 N–H and O–H groups in total. The first kappa shape index (κ1) is 25.9. The van der Waals surface area contributed by atoms with Crippen LogP contribution in [0.25, 0.3) is 108 Å². The van der Waals surface area contributed by atoms with Crippen LogP contribution < -0.4 is 0 Å². The highest BCUT2D eigenvalue weighted by Gasteiger charge is 2.20. The van der Waals surface area contributed by atoms with Crippen molar-refractivity contribution in [2.45, 2.75) is 0 Å². The first-order valence-corrected chi connectivity index (χ1v) is 16.8. The van der Waals surface area contributed by atoms with E-state index in [1.54, 1.807) is 0 Å². The number of rotatable bonds is 2. The van der Waals surface area contributed by atoms with Gasteiger partial charge in [-0.15, -0.1) is 0 Å². The van der Waals surface area contributed by atoms with E-state index >= 15 is 0 Å². The third-order valence-corrected chi connectivity index (χ3v) is 10.7. The van der Waals surface area contributed by atoms with Crippen LogP contribution in [0.5, 0.6) is 0 Å². The van der Waals surface area contributed by atoms with Gasteiger partial charge in [-0.3, -0.25) is 0 Å². The molecule has 11 aromatic carbocycles. The molecular formula is C48H28. The fraction of sp³-hybridized carbons (Fsp3) is 0. The van der Waals surface area contributed by atoms with Gasteiger partial charge in [0, 0.05) is 0 Å². The molecule has 48 heavy (non-hydrogen) atoms. The lowest BCUT2D eigenvalue weighted by atomic mass is 9.82. The molecular weight excluding hydrogens is 577 g/mol. The Labute approximate surface area is 277 Å². The molecule has 0 spiro atoms. The van der Waals surface area contributed by atoms with Crippen molar-refractivity contribution < 1.29 is 0 Å². The summed E-state index contributed by atoms with van der Waals surface area (Å²) in [7, 11) is 0. The number of fused-ring (bicyclic) bond motifs is 6. The molecule has 0 aliphatic carbocycles. The van der Waals surface area contributed by atoms with Gasteiger partial charge in [-0.2, -0.15) is 0 Å². The highest BCUT2D eigenvalue weighted by atomic mass is 14.2. The summed E-state index contributed by atoms with van der Waals surface area (Å²) in [4.78, 5) is 0. The van der Waals surface area contributed by atoms with Crippen LogP contribution in [0, 0.1) is 0 Å². The van der Waals surface area contributed by atoms with Crippen molar-refractivity contribution in [2.75, 3.05) is 0 Å². The third-order valence-electron chi connectivity index (χ3n) is 10.7. The number of hydrogen-bond donors (Lipinski definition) is 0. The Hall–Kier alpha value is -6.24. The minimum absolute atomic E-state index is 1.27. The van der Waals surface area contributed by atoms with Crippen molar-refractivity contribution in [3.05, 3.63) is 170 Å². The van der Waals surface area contributed by atoms with Crippen molar-refractivity contribution in [1.29, 1.82) is 0 Å². The molecule has 220 valence electrons. The Kier molecular flexibility index (Phi) is 5.20. The molecule has 0 atom stereocenters. The average molecular weight is 605 g/mol. The van der Waals surface area contributed by atoms with Crippen molar-refractivity contribution in [3.63, 3.8) is 0 Å². The van der Waals surface area contributed by atoms with Crippen LogP contribution in [-0.4, -0.2) is 0 Å². The standard InChI is InChI=1S/C48H28/c1-2-10-33-28-44-34(27-32(33)9-1)23-24-36-35(44)17-8-18-37(36)47-38-13-3-5-15-40(38)48(41-16-6-4-14-39(41)47)43-26-22-31-20-19-29-11-7-12-30-21-25-42(43)46(31)45(29)30/h1-28H. The van der Waals surface area contributed by atoms with Crippen LogP contribution in [-0.2, 0) is 0 Å². The van der Waals surface area contributed by atoms with Crippen LogP contribution in [0.1, 0.15) is 0 Å². The number of benzene rings is 11. The lowest BCUT2D eigenvalue weighted by Gasteiger charge is -2.21. The minimum Gasteiger partial charge on any atom is -0.0616 e. The highest BCUT2D eigenvalue weighted by Crippen LogP contribution is 2.48. The van der Waals surface area contributed by atoms with Gasteiger partial charge in [0.25, 0.3) is 0 Å². The molecule has 0 aromatic heterocycles. The molecule has 0 amide bonds. The molecule has 0 bridgehead atoms. The molecule has 0 fully saturated rings. The fourth-order valence-corrected chi connectivity index (χ4v) is 8.66. The van der Waals surface area contributed by atoms with E-state index in [2.05, 4.69) is 170 Å². The lowest BCUT2D eigenvalue weighted by molar-refractivity contribution is 1.70. The molecule has 0 unspecified atom stereocenters. The van der Waals surface area contributed by atoms with Crippen LogP contribution in [0.3, 0.4) is 0 Å². The topological polar surface area (TPSA) is 0 Å². The predicted molar refractivity (Wildman–Crippen MR) is 209 cm³/mol. The summed E-state index contributed by atoms with van der Waals surface area (Å²) in [6.07, 6.45) is 0. The van der Waals surface area contributed by atoms with Gasteiger partial charge in [0.1, 0.15) is 0 Å². The number of hydrogen-bond acceptors (Lipinski definition) is 0. The second kappa shape index (κ2) is 9.64. The summed E-state index contributed by atoms with van der Waals surface area (Å²) >= 11 is 0. The van der Waals surface area contributed by atoms with Gasteiger partial charge < -0.3 is 0 Å². The van der Waals surface area contributed by atoms with Gasteiger partial charge in [0.15, 0.2) is 0 Å². The van der Waals surface area contributed by atoms with E-state index in [0.717, 1.165) is 0 Å². The summed E-state index contributed by atoms with van der Waals surface area (Å²) in [5, 5.41) is 20.7. The summed E-state index contributed by atoms with van der Waals surface area (Å²) in [6.45, 7) is 0. The second-order valence-electron chi connectivity index (χ2n) is 13.2. The lowest BCUT2D eigenvalue weighted by Crippen LogP contribution is -1.93. The summed E-state index contributed by atoms with van der Waals surface area (Å²) in [6, 6.07) is 63.4. The Morgan fingerprint density at radius 1 is 0.208 bits per heavy atom. The van der Waals surface area contributed by atoms with Gasteiger partial charge in [-0.05, 0) is 121 Å². The molecule has 11 rings (SSSR count). The Balaban J connectivity index is 1.26. The van der Waals surface area contributed by atoms with Gasteiger partial charge >= 0.3 is 0 Å². The third kappa shape index (κ3) is 3.49. The van der Waals surface area contributed by atoms with Gasteiger partial charge in [-0.25, -0.2) is 0 Å². The molecule has 11 aromatic rings. The maximum absolute atomic E-state index is 2.37. The first-order valence-electron chi connectivity index (χ1n) is 16.8. The predicted octanol–water partition coefficient (Wildman–Crippen LogP) is 13.7. The maximum Gasteiger partial charge on any atom is -0.00201 e. The van der Waals surface area contributed by atoms with E-state index in [1.165, 1.54) is 108 Å². The molecule has 0 heteroatoms. The van der Waals surface area contributed by atoms with E-state index < -0.39 is 0 Å². The van der Waals surface area contributed by atoms with E-state index in [9.17, 15) is 0 Å². The smallest absolute Gasteiger partial charge is 0.00201 e. The molecule has 0 aliphatic heterocycles. The highest BCUT2D eigenvalue weighted by molar-refractivity contribution is 6.30. The molecule has 0 radical (unpaired) electrons. The van der Waals surface area contributed by atoms with Crippen LogP contribution in [0.4, 0.5) is 0 Å². The van der Waals surface area contributed by atoms with Gasteiger partial charge in [-0.1, -0.05) is 158 Å². The van der Waals surface area contributed by atoms with E-state index in [4.69, 9.17) is 0 Å². The van der Waals surface area contributed by atoms with E-state index in [1.807, 2.05) is 0 Å². The minimum atomic E-state index is 1.27. The zero-order chi connectivity index (χ0) is 31.3. The van der Waals surface area contributed by atoms with Gasteiger partial charge in [0.2, 0.25) is 0 Å². The van der Waals surface area contributed by atoms with Crippen molar-refractivity contribution >= 4 is 86.2 Å². The monoisotopic (exact) mass is 604 g/mol. The second-order valence-corrected chi connectivity index (χ2v) is 13.2. The van der Waals surface area contributed by atoms with Crippen LogP contribution in [0.15, 0.2) is 170 Å². The Morgan fingerprint density at radius 3 is 1.35 bits per heavy atom. The summed E-state index contributed by atoms with van der Waals surface area (Å²) in [5.41, 5.74) is 5.17. The van der Waals surface area contributed by atoms with Crippen molar-refractivity contribution in [1.82, 2.24) is 0 Å². The van der Waals surface area contributed by atoms with Gasteiger partial charge in [0.05, 0.1) is 0 Å². The van der Waals surface area contributed by atoms with Crippen molar-refractivity contribution in [2.24, 2.45) is 0 Å². The Bertz CT molecular complexity index is 3030. The van der Waals surface area contributed by atoms with E-state index in [0.29, 0.717) is 0 Å². The quantitative estimate of drug-likeness (QED) is 0.136. The summed E-state index contributed by atoms with van der Waals surface area (Å²) < 4.78 is 0. The van der Waals surface area contributed by atoms with Crippen LogP contribution in [0.2, 0.25) is 0 Å². The SMILES string of the molecule is c1ccc2cc3c(ccc4c(-c5c6ccccc6c(-c6ccc7ccc8cccc9ccc6c7c89)c6ccccc56)cccc43)cc2c1. The molecule has 0 saturated heterocycles. The molecule has 0 heterocycles. The van der Waals surface area contributed by atoms with Crippen LogP contribution >= 0.6 is 0 Å². The fourth-order valence-electron chi connectivity index (χ4n) is 8.66. The average Bonchev–Trinajstić information content (AvgIpc) is 3.15. The molecule has 0 nitrogen and oxygen atoms in total. The van der Waals surface area contributed by atoms with E-state index in [-0.39, 0.29) is 0 Å². The zero-order valence-corrected chi connectivity index (χ0v) is 26.2. The van der Waals surface area contributed by atoms with Crippen molar-refractivity contribution in [3.8, 4) is 22.3 Å². The zero-order valence-electron chi connectivity index (χ0n) is 26.2. The Morgan fingerprint density at radius 2 is 0.667 bits per heavy atom. The maximum atomic E-state index is 2.37. The molecule has 0 saturated carbocycles. The largest absolute Gasteiger partial charge is 0.0616 e. The molecule has 0 aliphatic rings.